The van der Waals surface area contributed by atoms with Gasteiger partial charge in [-0.2, -0.15) is 0 Å². The maximum atomic E-state index is 13.7. The van der Waals surface area contributed by atoms with Gasteiger partial charge in [0.25, 0.3) is 0 Å². The SMILES string of the molecule is COc1cccc2c1C(=O)C1(OC)Oc3ccc(OC)c4c3C(=C1C2=O)C=CC4=O. The number of rotatable bonds is 3. The van der Waals surface area contributed by atoms with Gasteiger partial charge in [-0.1, -0.05) is 12.1 Å². The maximum Gasteiger partial charge on any atom is 0.306 e. The number of carbonyl (C=O) groups is 3. The highest BCUT2D eigenvalue weighted by Crippen LogP contribution is 2.52. The number of ether oxygens (including phenoxy) is 4. The molecule has 0 spiro atoms. The van der Waals surface area contributed by atoms with E-state index in [1.807, 2.05) is 0 Å². The van der Waals surface area contributed by atoms with E-state index in [2.05, 4.69) is 0 Å². The normalized spacial score (nSPS) is 21.0. The molecule has 0 aromatic heterocycles. The molecule has 0 fully saturated rings. The van der Waals surface area contributed by atoms with Gasteiger partial charge in [0, 0.05) is 23.8 Å². The second kappa shape index (κ2) is 6.14. The molecule has 0 amide bonds. The lowest BCUT2D eigenvalue weighted by Crippen LogP contribution is -2.55. The molecule has 150 valence electrons. The van der Waals surface area contributed by atoms with Crippen LogP contribution in [0.5, 0.6) is 17.2 Å². The highest BCUT2D eigenvalue weighted by atomic mass is 16.7. The van der Waals surface area contributed by atoms with Crippen molar-refractivity contribution < 1.29 is 33.3 Å². The zero-order chi connectivity index (χ0) is 21.2. The third-order valence-electron chi connectivity index (χ3n) is 5.65. The first-order chi connectivity index (χ1) is 14.5. The number of ketones is 3. The zero-order valence-corrected chi connectivity index (χ0v) is 16.4. The van der Waals surface area contributed by atoms with E-state index >= 15 is 0 Å². The van der Waals surface area contributed by atoms with Crippen LogP contribution in [-0.4, -0.2) is 44.5 Å². The molecule has 0 bridgehead atoms. The standard InChI is InChI=1S/C23H16O7/c1-27-14-6-4-5-12-18(14)22(26)23(29-3)20(21(12)25)11-7-8-13(24)19-15(28-2)9-10-16(30-23)17(11)19/h4-10H,1-3H3. The van der Waals surface area contributed by atoms with Crippen LogP contribution in [0.15, 0.2) is 48.1 Å². The van der Waals surface area contributed by atoms with E-state index in [-0.39, 0.29) is 39.5 Å². The van der Waals surface area contributed by atoms with Gasteiger partial charge in [-0.3, -0.25) is 14.4 Å². The molecule has 30 heavy (non-hydrogen) atoms. The number of benzene rings is 2. The fraction of sp³-hybridized carbons (Fsp3) is 0.174. The van der Waals surface area contributed by atoms with Crippen LogP contribution < -0.4 is 14.2 Å². The first-order valence-electron chi connectivity index (χ1n) is 9.17. The quantitative estimate of drug-likeness (QED) is 0.777. The Morgan fingerprint density at radius 1 is 0.833 bits per heavy atom. The monoisotopic (exact) mass is 404 g/mol. The number of allylic oxidation sites excluding steroid dienone is 3. The van der Waals surface area contributed by atoms with E-state index in [0.29, 0.717) is 16.9 Å². The lowest BCUT2D eigenvalue weighted by molar-refractivity contribution is -0.100. The summed E-state index contributed by atoms with van der Waals surface area (Å²) in [6.07, 6.45) is 2.87. The van der Waals surface area contributed by atoms with Crippen LogP contribution in [0.2, 0.25) is 0 Å². The molecule has 1 heterocycles. The van der Waals surface area contributed by atoms with E-state index in [0.717, 1.165) is 0 Å². The number of fused-ring (bicyclic) bond motifs is 2. The smallest absolute Gasteiger partial charge is 0.306 e. The number of hydrogen-bond acceptors (Lipinski definition) is 7. The molecule has 1 aliphatic heterocycles. The minimum absolute atomic E-state index is 0.0292. The first-order valence-corrected chi connectivity index (χ1v) is 9.17. The molecular weight excluding hydrogens is 388 g/mol. The summed E-state index contributed by atoms with van der Waals surface area (Å²) in [6, 6.07) is 7.98. The predicted molar refractivity (Wildman–Crippen MR) is 105 cm³/mol. The highest BCUT2D eigenvalue weighted by Gasteiger charge is 2.58. The van der Waals surface area contributed by atoms with Crippen molar-refractivity contribution in [2.45, 2.75) is 5.79 Å². The Labute approximate surface area is 171 Å². The first kappa shape index (κ1) is 18.3. The number of Topliss-reactive ketones (excluding diaryl/α,β-unsaturated/α-hetero) is 2. The molecule has 0 saturated heterocycles. The van der Waals surface area contributed by atoms with E-state index in [9.17, 15) is 14.4 Å². The molecule has 2 aromatic carbocycles. The summed E-state index contributed by atoms with van der Waals surface area (Å²) < 4.78 is 22.3. The van der Waals surface area contributed by atoms with Crippen molar-refractivity contribution >= 4 is 22.9 Å². The summed E-state index contributed by atoms with van der Waals surface area (Å²) in [6.45, 7) is 0. The molecule has 2 aliphatic carbocycles. The fourth-order valence-corrected chi connectivity index (χ4v) is 4.34. The van der Waals surface area contributed by atoms with Crippen LogP contribution in [0.1, 0.15) is 36.6 Å². The fourth-order valence-electron chi connectivity index (χ4n) is 4.34. The Kier molecular flexibility index (Phi) is 3.75. The van der Waals surface area contributed by atoms with Crippen LogP contribution in [0.3, 0.4) is 0 Å². The van der Waals surface area contributed by atoms with Crippen LogP contribution in [-0.2, 0) is 4.74 Å². The second-order valence-corrected chi connectivity index (χ2v) is 6.97. The van der Waals surface area contributed by atoms with Crippen LogP contribution in [0.25, 0.3) is 5.57 Å². The third-order valence-corrected chi connectivity index (χ3v) is 5.65. The summed E-state index contributed by atoms with van der Waals surface area (Å²) in [5.41, 5.74) is 1.42. The maximum absolute atomic E-state index is 13.7. The van der Waals surface area contributed by atoms with Crippen molar-refractivity contribution in [2.24, 2.45) is 0 Å². The van der Waals surface area contributed by atoms with Gasteiger partial charge in [-0.05, 0) is 30.4 Å². The molecule has 5 rings (SSSR count). The van der Waals surface area contributed by atoms with Crippen LogP contribution in [0.4, 0.5) is 0 Å². The van der Waals surface area contributed by atoms with Crippen molar-refractivity contribution in [3.8, 4) is 17.2 Å². The Balaban J connectivity index is 1.91. The topological polar surface area (TPSA) is 88.1 Å². The van der Waals surface area contributed by atoms with Gasteiger partial charge in [0.15, 0.2) is 11.6 Å². The van der Waals surface area contributed by atoms with Gasteiger partial charge < -0.3 is 18.9 Å². The minimum Gasteiger partial charge on any atom is -0.496 e. The summed E-state index contributed by atoms with van der Waals surface area (Å²) in [5.74, 6) is -2.39. The molecule has 3 aliphatic rings. The molecule has 0 N–H and O–H groups in total. The van der Waals surface area contributed by atoms with Crippen molar-refractivity contribution in [3.05, 3.63) is 70.3 Å². The molecule has 0 radical (unpaired) electrons. The molecular formula is C23H16O7. The van der Waals surface area contributed by atoms with Gasteiger partial charge in [0.1, 0.15) is 17.2 Å². The molecule has 7 heteroatoms. The summed E-state index contributed by atoms with van der Waals surface area (Å²) >= 11 is 0. The average molecular weight is 404 g/mol. The lowest BCUT2D eigenvalue weighted by atomic mass is 9.74. The minimum atomic E-state index is -1.99. The summed E-state index contributed by atoms with van der Waals surface area (Å²) in [5, 5.41) is 0. The largest absolute Gasteiger partial charge is 0.496 e. The molecule has 0 saturated carbocycles. The van der Waals surface area contributed by atoms with E-state index < -0.39 is 17.4 Å². The molecule has 2 aromatic rings. The van der Waals surface area contributed by atoms with Crippen molar-refractivity contribution in [2.75, 3.05) is 21.3 Å². The van der Waals surface area contributed by atoms with Crippen molar-refractivity contribution in [1.29, 1.82) is 0 Å². The van der Waals surface area contributed by atoms with Gasteiger partial charge in [0.05, 0.1) is 30.9 Å². The van der Waals surface area contributed by atoms with E-state index in [1.54, 1.807) is 30.3 Å². The predicted octanol–water partition coefficient (Wildman–Crippen LogP) is 3.02. The van der Waals surface area contributed by atoms with Crippen LogP contribution >= 0.6 is 0 Å². The number of methoxy groups -OCH3 is 3. The Hall–Kier alpha value is -3.71. The second-order valence-electron chi connectivity index (χ2n) is 6.97. The average Bonchev–Trinajstić information content (AvgIpc) is 2.78. The molecule has 7 nitrogen and oxygen atoms in total. The van der Waals surface area contributed by atoms with Crippen molar-refractivity contribution in [1.82, 2.24) is 0 Å². The molecule has 1 atom stereocenters. The Bertz CT molecular complexity index is 1230. The Morgan fingerprint density at radius 2 is 1.57 bits per heavy atom. The lowest BCUT2D eigenvalue weighted by Gasteiger charge is -2.42. The molecule has 1 unspecified atom stereocenters. The van der Waals surface area contributed by atoms with E-state index in [1.165, 1.54) is 33.5 Å². The van der Waals surface area contributed by atoms with Gasteiger partial charge in [-0.15, -0.1) is 0 Å². The van der Waals surface area contributed by atoms with Crippen molar-refractivity contribution in [3.63, 3.8) is 0 Å². The highest BCUT2D eigenvalue weighted by molar-refractivity contribution is 6.31. The zero-order valence-electron chi connectivity index (χ0n) is 16.4. The van der Waals surface area contributed by atoms with Gasteiger partial charge in [0.2, 0.25) is 5.78 Å². The van der Waals surface area contributed by atoms with E-state index in [4.69, 9.17) is 18.9 Å². The Morgan fingerprint density at radius 3 is 2.27 bits per heavy atom. The van der Waals surface area contributed by atoms with Crippen LogP contribution in [0, 0.1) is 0 Å². The third kappa shape index (κ3) is 2.04. The number of hydrogen-bond donors (Lipinski definition) is 0. The summed E-state index contributed by atoms with van der Waals surface area (Å²) in [7, 11) is 4.18. The number of carbonyl (C=O) groups excluding carboxylic acids is 3. The van der Waals surface area contributed by atoms with Gasteiger partial charge in [-0.25, -0.2) is 0 Å². The van der Waals surface area contributed by atoms with Gasteiger partial charge >= 0.3 is 5.79 Å². The summed E-state index contributed by atoms with van der Waals surface area (Å²) in [4.78, 5) is 39.9.